The molecule has 0 aliphatic heterocycles. The second-order valence-electron chi connectivity index (χ2n) is 6.82. The molecule has 0 saturated heterocycles. The van der Waals surface area contributed by atoms with Crippen molar-refractivity contribution in [3.63, 3.8) is 0 Å². The number of para-hydroxylation sites is 1. The highest BCUT2D eigenvalue weighted by atomic mass is 19.4. The number of hydrogen-bond acceptors (Lipinski definition) is 5. The van der Waals surface area contributed by atoms with Gasteiger partial charge in [0.15, 0.2) is 13.2 Å². The van der Waals surface area contributed by atoms with Crippen molar-refractivity contribution in [1.29, 1.82) is 0 Å². The van der Waals surface area contributed by atoms with Gasteiger partial charge >= 0.3 is 12.1 Å². The van der Waals surface area contributed by atoms with Gasteiger partial charge in [0.1, 0.15) is 5.75 Å². The maximum absolute atomic E-state index is 12.7. The largest absolute Gasteiger partial charge is 0.482 e. The summed E-state index contributed by atoms with van der Waals surface area (Å²) in [6.07, 6.45) is -4.53. The number of halogens is 3. The lowest BCUT2D eigenvalue weighted by Crippen LogP contribution is -2.24. The molecule has 1 heterocycles. The van der Waals surface area contributed by atoms with Gasteiger partial charge in [-0.05, 0) is 44.2 Å². The van der Waals surface area contributed by atoms with Gasteiger partial charge in [-0.15, -0.1) is 0 Å². The molecular weight excluding hydrogens is 427 g/mol. The molecule has 0 unspecified atom stereocenters. The third-order valence-corrected chi connectivity index (χ3v) is 4.44. The lowest BCUT2D eigenvalue weighted by atomic mass is 10.2. The third-order valence-electron chi connectivity index (χ3n) is 4.44. The molecule has 0 fully saturated rings. The highest BCUT2D eigenvalue weighted by Crippen LogP contribution is 2.31. The van der Waals surface area contributed by atoms with E-state index in [9.17, 15) is 22.8 Å². The molecule has 2 aromatic carbocycles. The van der Waals surface area contributed by atoms with Crippen molar-refractivity contribution >= 4 is 17.6 Å². The molecular formula is C22H20F3N3O4. The Bertz CT molecular complexity index is 1110. The zero-order chi connectivity index (χ0) is 23.3. The Morgan fingerprint density at radius 2 is 1.75 bits per heavy atom. The van der Waals surface area contributed by atoms with E-state index < -0.39 is 36.8 Å². The molecule has 1 amide bonds. The van der Waals surface area contributed by atoms with Crippen molar-refractivity contribution in [2.45, 2.75) is 20.0 Å². The quantitative estimate of drug-likeness (QED) is 0.552. The van der Waals surface area contributed by atoms with Crippen LogP contribution in [0.5, 0.6) is 5.75 Å². The second-order valence-corrected chi connectivity index (χ2v) is 6.82. The van der Waals surface area contributed by atoms with E-state index in [2.05, 4.69) is 10.4 Å². The molecule has 0 aliphatic rings. The molecule has 0 bridgehead atoms. The van der Waals surface area contributed by atoms with E-state index >= 15 is 0 Å². The number of anilines is 1. The number of aromatic nitrogens is 2. The first kappa shape index (κ1) is 22.9. The van der Waals surface area contributed by atoms with Gasteiger partial charge in [-0.2, -0.15) is 18.3 Å². The normalized spacial score (nSPS) is 11.2. The molecule has 0 atom stereocenters. The summed E-state index contributed by atoms with van der Waals surface area (Å²) in [7, 11) is 0. The summed E-state index contributed by atoms with van der Waals surface area (Å²) in [5, 5.41) is 7.07. The van der Waals surface area contributed by atoms with Crippen molar-refractivity contribution in [2.24, 2.45) is 0 Å². The van der Waals surface area contributed by atoms with E-state index in [4.69, 9.17) is 9.47 Å². The minimum Gasteiger partial charge on any atom is -0.482 e. The van der Waals surface area contributed by atoms with Crippen LogP contribution in [0.4, 0.5) is 18.9 Å². The Kier molecular flexibility index (Phi) is 6.82. The number of hydrogen-bond donors (Lipinski definition) is 1. The number of alkyl halides is 3. The van der Waals surface area contributed by atoms with E-state index in [-0.39, 0.29) is 5.75 Å². The smallest absolute Gasteiger partial charge is 0.416 e. The summed E-state index contributed by atoms with van der Waals surface area (Å²) >= 11 is 0. The van der Waals surface area contributed by atoms with E-state index in [1.165, 1.54) is 6.07 Å². The number of esters is 1. The first-order valence-electron chi connectivity index (χ1n) is 9.52. The predicted octanol–water partition coefficient (Wildman–Crippen LogP) is 4.07. The van der Waals surface area contributed by atoms with Gasteiger partial charge in [-0.1, -0.05) is 24.3 Å². The van der Waals surface area contributed by atoms with E-state index in [0.29, 0.717) is 17.1 Å². The predicted molar refractivity (Wildman–Crippen MR) is 110 cm³/mol. The Labute approximate surface area is 181 Å². The Balaban J connectivity index is 1.52. The maximum Gasteiger partial charge on any atom is 0.416 e. The summed E-state index contributed by atoms with van der Waals surface area (Å²) in [5.41, 5.74) is 1.70. The Morgan fingerprint density at radius 3 is 2.44 bits per heavy atom. The number of rotatable bonds is 7. The van der Waals surface area contributed by atoms with E-state index in [1.807, 2.05) is 30.3 Å². The topological polar surface area (TPSA) is 82.5 Å². The Morgan fingerprint density at radius 1 is 1.03 bits per heavy atom. The molecule has 3 rings (SSSR count). The Hall–Kier alpha value is -3.82. The number of benzene rings is 2. The molecule has 32 heavy (non-hydrogen) atoms. The third kappa shape index (κ3) is 5.65. The number of nitrogens with one attached hydrogen (secondary N) is 1. The molecule has 1 N–H and O–H groups in total. The van der Waals surface area contributed by atoms with Gasteiger partial charge in [0.2, 0.25) is 0 Å². The molecule has 168 valence electrons. The van der Waals surface area contributed by atoms with Crippen molar-refractivity contribution in [1.82, 2.24) is 9.78 Å². The van der Waals surface area contributed by atoms with Gasteiger partial charge < -0.3 is 14.8 Å². The molecule has 0 radical (unpaired) electrons. The van der Waals surface area contributed by atoms with Gasteiger partial charge in [-0.25, -0.2) is 9.48 Å². The highest BCUT2D eigenvalue weighted by Gasteiger charge is 2.30. The minimum atomic E-state index is -4.53. The molecule has 3 aromatic rings. The van der Waals surface area contributed by atoms with Crippen molar-refractivity contribution in [2.75, 3.05) is 18.5 Å². The van der Waals surface area contributed by atoms with Crippen molar-refractivity contribution in [3.05, 3.63) is 71.5 Å². The molecule has 0 spiro atoms. The van der Waals surface area contributed by atoms with Gasteiger partial charge in [0.05, 0.1) is 28.3 Å². The second kappa shape index (κ2) is 9.54. The number of carbonyl (C=O) groups excluding carboxylic acids is 2. The van der Waals surface area contributed by atoms with Crippen LogP contribution in [0.25, 0.3) is 5.69 Å². The van der Waals surface area contributed by atoms with Gasteiger partial charge in [0.25, 0.3) is 5.91 Å². The van der Waals surface area contributed by atoms with Crippen LogP contribution in [-0.4, -0.2) is 34.9 Å². The monoisotopic (exact) mass is 447 g/mol. The summed E-state index contributed by atoms with van der Waals surface area (Å²) in [6, 6.07) is 13.5. The molecule has 1 aromatic heterocycles. The van der Waals surface area contributed by atoms with Crippen molar-refractivity contribution < 1.29 is 32.2 Å². The fourth-order valence-electron chi connectivity index (χ4n) is 2.91. The van der Waals surface area contributed by atoms with Crippen LogP contribution in [0.1, 0.15) is 17.0 Å². The average Bonchev–Trinajstić information content (AvgIpc) is 3.05. The van der Waals surface area contributed by atoms with Crippen LogP contribution in [0, 0.1) is 13.8 Å². The lowest BCUT2D eigenvalue weighted by Gasteiger charge is -2.10. The average molecular weight is 447 g/mol. The number of carbonyl (C=O) groups is 2. The van der Waals surface area contributed by atoms with Gasteiger partial charge in [0, 0.05) is 0 Å². The summed E-state index contributed by atoms with van der Waals surface area (Å²) in [6.45, 7) is 2.30. The molecule has 7 nitrogen and oxygen atoms in total. The first-order chi connectivity index (χ1) is 15.1. The van der Waals surface area contributed by atoms with E-state index in [1.54, 1.807) is 18.5 Å². The number of aryl methyl sites for hydroxylation is 1. The van der Waals surface area contributed by atoms with Crippen LogP contribution < -0.4 is 10.1 Å². The first-order valence-corrected chi connectivity index (χ1v) is 9.52. The molecule has 0 saturated carbocycles. The number of nitrogens with zero attached hydrogens (tertiary/aromatic N) is 2. The van der Waals surface area contributed by atoms with Crippen LogP contribution in [0.2, 0.25) is 0 Å². The molecule has 0 aliphatic carbocycles. The molecule has 10 heteroatoms. The minimum absolute atomic E-state index is 0.138. The van der Waals surface area contributed by atoms with Crippen LogP contribution in [0.3, 0.4) is 0 Å². The standard InChI is InChI=1S/C22H20F3N3O4/c1-14-21(15(2)28(27-14)17-8-4-3-5-9-17)26-19(29)12-32-20(30)13-31-18-10-6-7-16(11-18)22(23,24)25/h3-11H,12-13H2,1-2H3,(H,26,29). The SMILES string of the molecule is Cc1nn(-c2ccccc2)c(C)c1NC(=O)COC(=O)COc1cccc(C(F)(F)F)c1. The zero-order valence-corrected chi connectivity index (χ0v) is 17.3. The highest BCUT2D eigenvalue weighted by molar-refractivity contribution is 5.94. The fraction of sp³-hybridized carbons (Fsp3) is 0.227. The number of amides is 1. The lowest BCUT2D eigenvalue weighted by molar-refractivity contribution is -0.149. The van der Waals surface area contributed by atoms with Crippen LogP contribution in [0.15, 0.2) is 54.6 Å². The zero-order valence-electron chi connectivity index (χ0n) is 17.3. The summed E-state index contributed by atoms with van der Waals surface area (Å²) in [5.74, 6) is -1.62. The number of ether oxygens (including phenoxy) is 2. The maximum atomic E-state index is 12.7. The summed E-state index contributed by atoms with van der Waals surface area (Å²) < 4.78 is 49.7. The van der Waals surface area contributed by atoms with E-state index in [0.717, 1.165) is 23.9 Å². The fourth-order valence-corrected chi connectivity index (χ4v) is 2.91. The van der Waals surface area contributed by atoms with Crippen LogP contribution in [-0.2, 0) is 20.5 Å². The summed E-state index contributed by atoms with van der Waals surface area (Å²) in [4.78, 5) is 24.0. The van der Waals surface area contributed by atoms with Gasteiger partial charge in [-0.3, -0.25) is 4.79 Å². The van der Waals surface area contributed by atoms with Crippen LogP contribution >= 0.6 is 0 Å². The van der Waals surface area contributed by atoms with Crippen molar-refractivity contribution in [3.8, 4) is 11.4 Å².